The number of rotatable bonds is 6. The molecule has 11 heteroatoms. The molecule has 1 aromatic carbocycles. The van der Waals surface area contributed by atoms with Gasteiger partial charge in [-0.15, -0.1) is 10.2 Å². The first-order valence-electron chi connectivity index (χ1n) is 10.2. The molecular weight excluding hydrogens is 440 g/mol. The van der Waals surface area contributed by atoms with E-state index >= 15 is 0 Å². The fraction of sp³-hybridized carbons (Fsp3) is 0.524. The van der Waals surface area contributed by atoms with Crippen molar-refractivity contribution in [3.05, 3.63) is 41.6 Å². The zero-order valence-corrected chi connectivity index (χ0v) is 17.5. The average molecular weight is 463 g/mol. The third-order valence-corrected chi connectivity index (χ3v) is 5.10. The molecule has 0 N–H and O–H groups in total. The predicted octanol–water partition coefficient (Wildman–Crippen LogP) is 5.60. The van der Waals surface area contributed by atoms with Gasteiger partial charge in [0.2, 0.25) is 0 Å². The molecule has 32 heavy (non-hydrogen) atoms. The highest BCUT2D eigenvalue weighted by atomic mass is 19.4. The summed E-state index contributed by atoms with van der Waals surface area (Å²) in [5.74, 6) is 0.509. The second-order valence-corrected chi connectivity index (χ2v) is 7.65. The molecule has 0 radical (unpaired) electrons. The minimum absolute atomic E-state index is 0.0323. The number of nitrogens with zero attached hydrogens (tertiary/aromatic N) is 3. The van der Waals surface area contributed by atoms with Crippen molar-refractivity contribution in [1.29, 1.82) is 0 Å². The quantitative estimate of drug-likeness (QED) is 0.523. The summed E-state index contributed by atoms with van der Waals surface area (Å²) in [6.45, 7) is 4.87. The minimum atomic E-state index is -4.56. The van der Waals surface area contributed by atoms with Gasteiger partial charge in [-0.2, -0.15) is 26.3 Å². The molecular formula is C21H23F6N3O2. The van der Waals surface area contributed by atoms with Crippen molar-refractivity contribution in [2.24, 2.45) is 5.92 Å². The zero-order chi connectivity index (χ0) is 23.5. The Hall–Kier alpha value is -2.72. The lowest BCUT2D eigenvalue weighted by atomic mass is 9.96. The van der Waals surface area contributed by atoms with Gasteiger partial charge in [-0.3, -0.25) is 0 Å². The topological polar surface area (TPSA) is 47.5 Å². The summed E-state index contributed by atoms with van der Waals surface area (Å²) in [6.07, 6.45) is -8.24. The van der Waals surface area contributed by atoms with Crippen LogP contribution in [-0.4, -0.2) is 36.0 Å². The van der Waals surface area contributed by atoms with Gasteiger partial charge >= 0.3 is 12.4 Å². The van der Waals surface area contributed by atoms with Crippen LogP contribution in [0.5, 0.6) is 11.5 Å². The number of piperidine rings is 1. The van der Waals surface area contributed by atoms with E-state index in [-0.39, 0.29) is 30.1 Å². The standard InChI is InChI=1S/C21H23F6N3O2/c1-3-10-31-17-11-14(20(22,23)24)4-5-16(17)32-15-8-9-30(12-13(15)2)19-7-6-18(28-29-19)21(25,26)27/h4-7,11,13,15H,3,8-10,12H2,1-2H3/t13-,15-/m0/s1. The van der Waals surface area contributed by atoms with Crippen molar-refractivity contribution < 1.29 is 35.8 Å². The van der Waals surface area contributed by atoms with Gasteiger partial charge in [0, 0.05) is 25.4 Å². The number of alkyl halides is 6. The number of hydrogen-bond acceptors (Lipinski definition) is 5. The monoisotopic (exact) mass is 463 g/mol. The molecule has 2 atom stereocenters. The van der Waals surface area contributed by atoms with E-state index in [0.717, 1.165) is 18.2 Å². The van der Waals surface area contributed by atoms with Crippen LogP contribution in [0.25, 0.3) is 0 Å². The third-order valence-electron chi connectivity index (χ3n) is 5.10. The van der Waals surface area contributed by atoms with Crippen LogP contribution in [0.15, 0.2) is 30.3 Å². The van der Waals surface area contributed by atoms with Crippen LogP contribution in [0.4, 0.5) is 32.2 Å². The van der Waals surface area contributed by atoms with Gasteiger partial charge in [0.15, 0.2) is 23.0 Å². The van der Waals surface area contributed by atoms with Crippen molar-refractivity contribution >= 4 is 5.82 Å². The second-order valence-electron chi connectivity index (χ2n) is 7.65. The maximum absolute atomic E-state index is 13.1. The molecule has 1 aromatic heterocycles. The van der Waals surface area contributed by atoms with Gasteiger partial charge in [0.1, 0.15) is 6.10 Å². The van der Waals surface area contributed by atoms with Gasteiger partial charge in [0.05, 0.1) is 12.2 Å². The van der Waals surface area contributed by atoms with Crippen LogP contribution >= 0.6 is 0 Å². The first-order valence-corrected chi connectivity index (χ1v) is 10.2. The van der Waals surface area contributed by atoms with E-state index in [2.05, 4.69) is 10.2 Å². The Morgan fingerprint density at radius 3 is 2.31 bits per heavy atom. The average Bonchev–Trinajstić information content (AvgIpc) is 2.73. The van der Waals surface area contributed by atoms with Crippen LogP contribution in [0.3, 0.4) is 0 Å². The van der Waals surface area contributed by atoms with Crippen molar-refractivity contribution in [2.75, 3.05) is 24.6 Å². The van der Waals surface area contributed by atoms with E-state index in [9.17, 15) is 26.3 Å². The maximum Gasteiger partial charge on any atom is 0.435 e. The molecule has 2 heterocycles. The zero-order valence-electron chi connectivity index (χ0n) is 17.5. The third kappa shape index (κ3) is 5.74. The van der Waals surface area contributed by atoms with Crippen LogP contribution in [0, 0.1) is 5.92 Å². The van der Waals surface area contributed by atoms with Crippen LogP contribution in [0.1, 0.15) is 37.9 Å². The first-order chi connectivity index (χ1) is 15.0. The minimum Gasteiger partial charge on any atom is -0.490 e. The summed E-state index contributed by atoms with van der Waals surface area (Å²) >= 11 is 0. The molecule has 0 unspecified atom stereocenters. The molecule has 0 aliphatic carbocycles. The highest BCUT2D eigenvalue weighted by Crippen LogP contribution is 2.38. The number of aromatic nitrogens is 2. The molecule has 1 saturated heterocycles. The fourth-order valence-electron chi connectivity index (χ4n) is 3.42. The second kappa shape index (κ2) is 9.41. The lowest BCUT2D eigenvalue weighted by Gasteiger charge is -2.37. The molecule has 2 aromatic rings. The van der Waals surface area contributed by atoms with E-state index in [1.807, 2.05) is 13.8 Å². The summed E-state index contributed by atoms with van der Waals surface area (Å²) in [5, 5.41) is 6.93. The number of benzene rings is 1. The summed E-state index contributed by atoms with van der Waals surface area (Å²) in [7, 11) is 0. The van der Waals surface area contributed by atoms with Gasteiger partial charge in [-0.1, -0.05) is 13.8 Å². The molecule has 0 bridgehead atoms. The van der Waals surface area contributed by atoms with E-state index in [1.165, 1.54) is 12.1 Å². The predicted molar refractivity (Wildman–Crippen MR) is 105 cm³/mol. The first kappa shape index (κ1) is 23.9. The van der Waals surface area contributed by atoms with E-state index in [1.54, 1.807) is 4.90 Å². The molecule has 0 spiro atoms. The van der Waals surface area contributed by atoms with Crippen molar-refractivity contribution in [3.8, 4) is 11.5 Å². The highest BCUT2D eigenvalue weighted by molar-refractivity contribution is 5.44. The lowest BCUT2D eigenvalue weighted by Crippen LogP contribution is -2.45. The normalized spacial score (nSPS) is 19.7. The molecule has 5 nitrogen and oxygen atoms in total. The summed E-state index contributed by atoms with van der Waals surface area (Å²) in [4.78, 5) is 1.80. The van der Waals surface area contributed by atoms with E-state index in [0.29, 0.717) is 31.7 Å². The number of halogens is 6. The summed E-state index contributed by atoms with van der Waals surface area (Å²) in [5.41, 5.74) is -1.88. The van der Waals surface area contributed by atoms with Crippen LogP contribution in [-0.2, 0) is 12.4 Å². The van der Waals surface area contributed by atoms with E-state index < -0.39 is 23.6 Å². The SMILES string of the molecule is CCCOc1cc(C(F)(F)F)ccc1O[C@H]1CCN(c2ccc(C(F)(F)F)nn2)C[C@@H]1C. The maximum atomic E-state index is 13.1. The van der Waals surface area contributed by atoms with E-state index in [4.69, 9.17) is 9.47 Å². The number of anilines is 1. The van der Waals surface area contributed by atoms with Gasteiger partial charge in [-0.05, 0) is 36.8 Å². The van der Waals surface area contributed by atoms with Gasteiger partial charge in [0.25, 0.3) is 0 Å². The summed E-state index contributed by atoms with van der Waals surface area (Å²) < 4.78 is 88.7. The molecule has 3 rings (SSSR count). The molecule has 1 aliphatic rings. The molecule has 0 saturated carbocycles. The Balaban J connectivity index is 1.69. The van der Waals surface area contributed by atoms with Crippen molar-refractivity contribution in [1.82, 2.24) is 10.2 Å². The fourth-order valence-corrected chi connectivity index (χ4v) is 3.42. The molecule has 176 valence electrons. The van der Waals surface area contributed by atoms with Gasteiger partial charge in [-0.25, -0.2) is 0 Å². The van der Waals surface area contributed by atoms with Gasteiger partial charge < -0.3 is 14.4 Å². The largest absolute Gasteiger partial charge is 0.490 e. The highest BCUT2D eigenvalue weighted by Gasteiger charge is 2.35. The molecule has 0 amide bonds. The molecule has 1 fully saturated rings. The van der Waals surface area contributed by atoms with Crippen molar-refractivity contribution in [3.63, 3.8) is 0 Å². The van der Waals surface area contributed by atoms with Crippen LogP contribution in [0.2, 0.25) is 0 Å². The van der Waals surface area contributed by atoms with Crippen molar-refractivity contribution in [2.45, 2.75) is 45.1 Å². The Morgan fingerprint density at radius 2 is 1.75 bits per heavy atom. The van der Waals surface area contributed by atoms with Crippen LogP contribution < -0.4 is 14.4 Å². The lowest BCUT2D eigenvalue weighted by molar-refractivity contribution is -0.141. The Bertz CT molecular complexity index is 902. The summed E-state index contributed by atoms with van der Waals surface area (Å²) in [6, 6.07) is 5.30. The Labute approximate surface area is 181 Å². The number of ether oxygens (including phenoxy) is 2. The Kier molecular flexibility index (Phi) is 7.04. The smallest absolute Gasteiger partial charge is 0.435 e. The molecule has 1 aliphatic heterocycles. The number of hydrogen-bond donors (Lipinski definition) is 0. The Morgan fingerprint density at radius 1 is 1.00 bits per heavy atom.